The van der Waals surface area contributed by atoms with Gasteiger partial charge in [-0.3, -0.25) is 4.79 Å². The third kappa shape index (κ3) is 4.39. The second-order valence-corrected chi connectivity index (χ2v) is 9.86. The molecule has 1 aromatic rings. The molecule has 2 aliphatic rings. The van der Waals surface area contributed by atoms with Gasteiger partial charge in [-0.25, -0.2) is 12.8 Å². The van der Waals surface area contributed by atoms with E-state index in [9.17, 15) is 17.6 Å². The SMILES string of the molecule is C[C@H](C(=O)N(C)C1CCCCC1)[NH+]1CCN(S(=O)(=O)c2ccccc2F)CC1. The summed E-state index contributed by atoms with van der Waals surface area (Å²) in [7, 11) is -1.95. The largest absolute Gasteiger partial charge is 0.338 e. The summed E-state index contributed by atoms with van der Waals surface area (Å²) in [6.45, 7) is 3.59. The first-order valence-corrected chi connectivity index (χ1v) is 11.6. The molecular weight excluding hydrogens is 381 g/mol. The number of halogens is 1. The highest BCUT2D eigenvalue weighted by Gasteiger charge is 2.37. The molecule has 0 bridgehead atoms. The Kier molecular flexibility index (Phi) is 6.73. The molecule has 1 saturated heterocycles. The lowest BCUT2D eigenvalue weighted by Crippen LogP contribution is -3.19. The third-order valence-electron chi connectivity index (χ3n) is 6.27. The average Bonchev–Trinajstić information content (AvgIpc) is 2.73. The fourth-order valence-electron chi connectivity index (χ4n) is 4.37. The fraction of sp³-hybridized carbons (Fsp3) is 0.650. The molecule has 2 fully saturated rings. The molecule has 0 aromatic heterocycles. The highest BCUT2D eigenvalue weighted by atomic mass is 32.2. The van der Waals surface area contributed by atoms with Gasteiger partial charge in [-0.15, -0.1) is 0 Å². The van der Waals surface area contributed by atoms with E-state index in [0.717, 1.165) is 23.8 Å². The first-order chi connectivity index (χ1) is 13.3. The van der Waals surface area contributed by atoms with E-state index in [0.29, 0.717) is 19.1 Å². The second-order valence-electron chi connectivity index (χ2n) is 7.96. The molecule has 1 atom stereocenters. The van der Waals surface area contributed by atoms with E-state index in [1.807, 2.05) is 18.9 Å². The van der Waals surface area contributed by atoms with Crippen LogP contribution in [0.15, 0.2) is 29.2 Å². The van der Waals surface area contributed by atoms with E-state index < -0.39 is 15.8 Å². The highest BCUT2D eigenvalue weighted by Crippen LogP contribution is 2.22. The molecule has 1 amide bonds. The first-order valence-electron chi connectivity index (χ1n) is 10.2. The quantitative estimate of drug-likeness (QED) is 0.782. The van der Waals surface area contributed by atoms with Crippen molar-refractivity contribution in [2.75, 3.05) is 33.2 Å². The van der Waals surface area contributed by atoms with Gasteiger partial charge in [-0.2, -0.15) is 4.31 Å². The van der Waals surface area contributed by atoms with Gasteiger partial charge in [0.2, 0.25) is 10.0 Å². The van der Waals surface area contributed by atoms with Gasteiger partial charge in [0.25, 0.3) is 5.91 Å². The molecule has 1 aliphatic carbocycles. The maximum atomic E-state index is 14.0. The van der Waals surface area contributed by atoms with E-state index in [4.69, 9.17) is 0 Å². The van der Waals surface area contributed by atoms with Crippen LogP contribution < -0.4 is 4.90 Å². The van der Waals surface area contributed by atoms with Crippen LogP contribution in [-0.2, 0) is 14.8 Å². The number of piperazine rings is 1. The minimum atomic E-state index is -3.85. The number of quaternary nitrogens is 1. The van der Waals surface area contributed by atoms with Crippen molar-refractivity contribution in [2.45, 2.75) is 56.0 Å². The Morgan fingerprint density at radius 2 is 1.79 bits per heavy atom. The standard InChI is InChI=1S/C20H30FN3O3S/c1-16(20(25)22(2)17-8-4-3-5-9-17)23-12-14-24(15-13-23)28(26,27)19-11-7-6-10-18(19)21/h6-7,10-11,16-17H,3-5,8-9,12-15H2,1-2H3/p+1/t16-/m1/s1. The number of hydrogen-bond donors (Lipinski definition) is 1. The highest BCUT2D eigenvalue weighted by molar-refractivity contribution is 7.89. The number of nitrogens with zero attached hydrogens (tertiary/aromatic N) is 2. The van der Waals surface area contributed by atoms with Gasteiger partial charge in [0.1, 0.15) is 10.7 Å². The van der Waals surface area contributed by atoms with E-state index in [2.05, 4.69) is 0 Å². The van der Waals surface area contributed by atoms with Crippen LogP contribution in [0.2, 0.25) is 0 Å². The van der Waals surface area contributed by atoms with Gasteiger partial charge in [-0.1, -0.05) is 31.4 Å². The Hall–Kier alpha value is -1.51. The van der Waals surface area contributed by atoms with E-state index >= 15 is 0 Å². The van der Waals surface area contributed by atoms with Crippen molar-refractivity contribution in [1.82, 2.24) is 9.21 Å². The minimum absolute atomic E-state index is 0.132. The summed E-state index contributed by atoms with van der Waals surface area (Å²) >= 11 is 0. The Bertz CT molecular complexity index is 788. The normalized spacial score (nSPS) is 21.4. The zero-order valence-electron chi connectivity index (χ0n) is 16.7. The summed E-state index contributed by atoms with van der Waals surface area (Å²) in [4.78, 5) is 15.6. The van der Waals surface area contributed by atoms with Crippen LogP contribution >= 0.6 is 0 Å². The molecule has 1 saturated carbocycles. The summed E-state index contributed by atoms with van der Waals surface area (Å²) in [5, 5.41) is 0. The molecule has 28 heavy (non-hydrogen) atoms. The summed E-state index contributed by atoms with van der Waals surface area (Å²) in [6.07, 6.45) is 5.74. The zero-order valence-corrected chi connectivity index (χ0v) is 17.5. The number of hydrogen-bond acceptors (Lipinski definition) is 3. The summed E-state index contributed by atoms with van der Waals surface area (Å²) in [6, 6.07) is 5.59. The lowest BCUT2D eigenvalue weighted by Gasteiger charge is -2.37. The first kappa shape index (κ1) is 21.2. The zero-order chi connectivity index (χ0) is 20.3. The van der Waals surface area contributed by atoms with Crippen LogP contribution in [0.3, 0.4) is 0 Å². The Morgan fingerprint density at radius 3 is 2.39 bits per heavy atom. The number of sulfonamides is 1. The molecular formula is C20H31FN3O3S+. The van der Waals surface area contributed by atoms with Gasteiger partial charge in [-0.05, 0) is 31.9 Å². The van der Waals surface area contributed by atoms with Gasteiger partial charge in [0.15, 0.2) is 6.04 Å². The molecule has 0 unspecified atom stereocenters. The van der Waals surface area contributed by atoms with Crippen molar-refractivity contribution in [1.29, 1.82) is 0 Å². The number of likely N-dealkylation sites (N-methyl/N-ethyl adjacent to an activating group) is 1. The second kappa shape index (κ2) is 8.88. The maximum absolute atomic E-state index is 14.0. The number of rotatable bonds is 5. The van der Waals surface area contributed by atoms with Crippen molar-refractivity contribution in [3.63, 3.8) is 0 Å². The van der Waals surface area contributed by atoms with Crippen LogP contribution in [-0.4, -0.2) is 68.8 Å². The van der Waals surface area contributed by atoms with Crippen molar-refractivity contribution < 1.29 is 22.5 Å². The van der Waals surface area contributed by atoms with Crippen molar-refractivity contribution in [2.24, 2.45) is 0 Å². The van der Waals surface area contributed by atoms with E-state index in [1.54, 1.807) is 0 Å². The molecule has 8 heteroatoms. The minimum Gasteiger partial charge on any atom is -0.338 e. The van der Waals surface area contributed by atoms with Gasteiger partial charge in [0, 0.05) is 13.1 Å². The Labute approximate surface area is 167 Å². The van der Waals surface area contributed by atoms with Crippen LogP contribution in [0.25, 0.3) is 0 Å². The van der Waals surface area contributed by atoms with E-state index in [1.165, 1.54) is 41.8 Å². The molecule has 1 heterocycles. The molecule has 0 radical (unpaired) electrons. The predicted octanol–water partition coefficient (Wildman–Crippen LogP) is 0.895. The van der Waals surface area contributed by atoms with Crippen molar-refractivity contribution in [3.05, 3.63) is 30.1 Å². The van der Waals surface area contributed by atoms with Gasteiger partial charge in [0.05, 0.1) is 26.2 Å². The van der Waals surface area contributed by atoms with Gasteiger partial charge < -0.3 is 9.80 Å². The van der Waals surface area contributed by atoms with Crippen LogP contribution in [0.1, 0.15) is 39.0 Å². The molecule has 1 aliphatic heterocycles. The van der Waals surface area contributed by atoms with Gasteiger partial charge >= 0.3 is 0 Å². The maximum Gasteiger partial charge on any atom is 0.280 e. The fourth-order valence-corrected chi connectivity index (χ4v) is 5.87. The summed E-state index contributed by atoms with van der Waals surface area (Å²) < 4.78 is 40.8. The third-order valence-corrected chi connectivity index (χ3v) is 8.20. The van der Waals surface area contributed by atoms with Crippen molar-refractivity contribution >= 4 is 15.9 Å². The topological polar surface area (TPSA) is 62.1 Å². The molecule has 3 rings (SSSR count). The molecule has 1 aromatic carbocycles. The van der Waals surface area contributed by atoms with Crippen LogP contribution in [0.4, 0.5) is 4.39 Å². The number of benzene rings is 1. The monoisotopic (exact) mass is 412 g/mol. The molecule has 1 N–H and O–H groups in total. The van der Waals surface area contributed by atoms with Crippen molar-refractivity contribution in [3.8, 4) is 0 Å². The number of nitrogens with one attached hydrogen (secondary N) is 1. The lowest BCUT2D eigenvalue weighted by molar-refractivity contribution is -0.918. The Morgan fingerprint density at radius 1 is 1.18 bits per heavy atom. The average molecular weight is 413 g/mol. The van der Waals surface area contributed by atoms with Crippen LogP contribution in [0.5, 0.6) is 0 Å². The molecule has 156 valence electrons. The van der Waals surface area contributed by atoms with E-state index in [-0.39, 0.29) is 29.9 Å². The predicted molar refractivity (Wildman–Crippen MR) is 105 cm³/mol. The number of carbonyl (C=O) groups is 1. The van der Waals surface area contributed by atoms with Crippen LogP contribution in [0, 0.1) is 5.82 Å². The lowest BCUT2D eigenvalue weighted by atomic mass is 9.94. The Balaban J connectivity index is 1.60. The molecule has 6 nitrogen and oxygen atoms in total. The number of amides is 1. The smallest absolute Gasteiger partial charge is 0.280 e. The number of carbonyl (C=O) groups excluding carboxylic acids is 1. The summed E-state index contributed by atoms with van der Waals surface area (Å²) in [5.74, 6) is -0.595. The summed E-state index contributed by atoms with van der Waals surface area (Å²) in [5.41, 5.74) is 0. The molecule has 0 spiro atoms.